The molecule has 0 radical (unpaired) electrons. The number of piperidine rings is 1. The van der Waals surface area contributed by atoms with Gasteiger partial charge in [0.1, 0.15) is 18.2 Å². The molecule has 1 fully saturated rings. The lowest BCUT2D eigenvalue weighted by Gasteiger charge is -2.37. The number of hydrogen-bond donors (Lipinski definition) is 1. The summed E-state index contributed by atoms with van der Waals surface area (Å²) < 4.78 is 19.4. The third-order valence-electron chi connectivity index (χ3n) is 5.43. The highest BCUT2D eigenvalue weighted by atomic mass is 19.1. The van der Waals surface area contributed by atoms with E-state index in [1.165, 1.54) is 6.07 Å². The Labute approximate surface area is 169 Å². The van der Waals surface area contributed by atoms with E-state index in [2.05, 4.69) is 5.32 Å². The highest BCUT2D eigenvalue weighted by molar-refractivity contribution is 5.94. The van der Waals surface area contributed by atoms with Gasteiger partial charge in [0.15, 0.2) is 0 Å². The Morgan fingerprint density at radius 1 is 1.10 bits per heavy atom. The molecule has 0 spiro atoms. The van der Waals surface area contributed by atoms with Gasteiger partial charge < -0.3 is 15.0 Å². The third kappa shape index (κ3) is 4.18. The van der Waals surface area contributed by atoms with Gasteiger partial charge in [0, 0.05) is 25.2 Å². The molecule has 0 aromatic heterocycles. The zero-order valence-corrected chi connectivity index (χ0v) is 16.1. The maximum absolute atomic E-state index is 13.8. The van der Waals surface area contributed by atoms with Crippen LogP contribution >= 0.6 is 0 Å². The number of nitrogens with zero attached hydrogens (tertiary/aromatic N) is 2. The number of likely N-dealkylation sites (tertiary alicyclic amines) is 1. The first-order valence-electron chi connectivity index (χ1n) is 9.93. The molecule has 152 valence electrons. The Balaban J connectivity index is 1.39. The van der Waals surface area contributed by atoms with Crippen molar-refractivity contribution in [1.82, 2.24) is 10.2 Å². The van der Waals surface area contributed by atoms with Crippen LogP contribution < -0.4 is 15.0 Å². The van der Waals surface area contributed by atoms with Crippen molar-refractivity contribution in [2.45, 2.75) is 19.4 Å². The van der Waals surface area contributed by atoms with E-state index in [1.807, 2.05) is 24.3 Å². The van der Waals surface area contributed by atoms with E-state index in [1.54, 1.807) is 28.0 Å². The van der Waals surface area contributed by atoms with Crippen LogP contribution in [0.2, 0.25) is 0 Å². The van der Waals surface area contributed by atoms with Crippen LogP contribution in [0.25, 0.3) is 0 Å². The van der Waals surface area contributed by atoms with Crippen LogP contribution in [0.15, 0.2) is 48.5 Å². The second-order valence-corrected chi connectivity index (χ2v) is 7.34. The van der Waals surface area contributed by atoms with Gasteiger partial charge in [-0.3, -0.25) is 9.69 Å². The number of rotatable bonds is 3. The molecule has 2 heterocycles. The van der Waals surface area contributed by atoms with Crippen LogP contribution in [0.5, 0.6) is 5.75 Å². The number of hydrogen-bond acceptors (Lipinski definition) is 3. The summed E-state index contributed by atoms with van der Waals surface area (Å²) in [6, 6.07) is 13.8. The van der Waals surface area contributed by atoms with Gasteiger partial charge in [0.05, 0.1) is 18.2 Å². The normalized spacial score (nSPS) is 18.6. The minimum absolute atomic E-state index is 0.104. The van der Waals surface area contributed by atoms with E-state index in [-0.39, 0.29) is 30.2 Å². The highest BCUT2D eigenvalue weighted by Gasteiger charge is 2.33. The average molecular weight is 397 g/mol. The number of nitrogens with one attached hydrogen (secondary N) is 1. The van der Waals surface area contributed by atoms with Crippen LogP contribution in [-0.4, -0.2) is 43.1 Å². The van der Waals surface area contributed by atoms with Crippen molar-refractivity contribution in [3.63, 3.8) is 0 Å². The van der Waals surface area contributed by atoms with Gasteiger partial charge >= 0.3 is 6.03 Å². The molecule has 0 aliphatic carbocycles. The van der Waals surface area contributed by atoms with Gasteiger partial charge in [0.25, 0.3) is 0 Å². The molecule has 2 aliphatic heterocycles. The Bertz CT molecular complexity index is 904. The monoisotopic (exact) mass is 397 g/mol. The molecule has 1 saturated heterocycles. The van der Waals surface area contributed by atoms with E-state index >= 15 is 0 Å². The molecular weight excluding hydrogens is 373 g/mol. The van der Waals surface area contributed by atoms with E-state index in [4.69, 9.17) is 4.74 Å². The number of anilines is 1. The second kappa shape index (κ2) is 8.51. The van der Waals surface area contributed by atoms with E-state index < -0.39 is 0 Å². The molecule has 0 saturated carbocycles. The van der Waals surface area contributed by atoms with Gasteiger partial charge in [-0.2, -0.15) is 0 Å². The Hall–Kier alpha value is -3.09. The van der Waals surface area contributed by atoms with Crippen LogP contribution in [0.4, 0.5) is 14.9 Å². The predicted molar refractivity (Wildman–Crippen MR) is 107 cm³/mol. The summed E-state index contributed by atoms with van der Waals surface area (Å²) >= 11 is 0. The molecule has 0 bridgehead atoms. The van der Waals surface area contributed by atoms with Crippen molar-refractivity contribution in [2.75, 3.05) is 31.1 Å². The second-order valence-electron chi connectivity index (χ2n) is 7.34. The molecule has 2 aromatic carbocycles. The van der Waals surface area contributed by atoms with Crippen molar-refractivity contribution in [1.29, 1.82) is 0 Å². The topological polar surface area (TPSA) is 61.9 Å². The standard InChI is InChI=1S/C22H24FN3O3/c23-18-8-2-1-6-16(18)14-24-21(27)17-7-5-11-25(15-17)22(28)26-12-13-29-20-10-4-3-9-19(20)26/h1-4,6,8-10,17H,5,7,11-15H2,(H,24,27)/t17-/m1/s1. The number of halogens is 1. The molecule has 1 atom stereocenters. The van der Waals surface area contributed by atoms with Crippen molar-refractivity contribution >= 4 is 17.6 Å². The maximum atomic E-state index is 13.8. The van der Waals surface area contributed by atoms with Crippen molar-refractivity contribution < 1.29 is 18.7 Å². The zero-order chi connectivity index (χ0) is 20.2. The molecule has 6 nitrogen and oxygen atoms in total. The fraction of sp³-hybridized carbons (Fsp3) is 0.364. The molecule has 0 unspecified atom stereocenters. The minimum atomic E-state index is -0.334. The Morgan fingerprint density at radius 2 is 1.90 bits per heavy atom. The van der Waals surface area contributed by atoms with Crippen molar-refractivity contribution in [3.8, 4) is 5.75 Å². The summed E-state index contributed by atoms with van der Waals surface area (Å²) in [5, 5.41) is 2.81. The zero-order valence-electron chi connectivity index (χ0n) is 16.1. The van der Waals surface area contributed by atoms with Gasteiger partial charge in [-0.25, -0.2) is 9.18 Å². The first-order chi connectivity index (χ1) is 14.1. The largest absolute Gasteiger partial charge is 0.490 e. The fourth-order valence-corrected chi connectivity index (χ4v) is 3.87. The molecule has 4 rings (SSSR count). The van der Waals surface area contributed by atoms with Gasteiger partial charge in [-0.05, 0) is 31.0 Å². The lowest BCUT2D eigenvalue weighted by atomic mass is 9.97. The molecule has 29 heavy (non-hydrogen) atoms. The van der Waals surface area contributed by atoms with Gasteiger partial charge in [0.2, 0.25) is 5.91 Å². The molecule has 2 aromatic rings. The summed E-state index contributed by atoms with van der Waals surface area (Å²) in [6.07, 6.45) is 1.47. The molecule has 3 amide bonds. The number of para-hydroxylation sites is 2. The van der Waals surface area contributed by atoms with Gasteiger partial charge in [-0.1, -0.05) is 30.3 Å². The van der Waals surface area contributed by atoms with Crippen molar-refractivity contribution in [2.24, 2.45) is 5.92 Å². The molecule has 1 N–H and O–H groups in total. The summed E-state index contributed by atoms with van der Waals surface area (Å²) in [6.45, 7) is 2.06. The van der Waals surface area contributed by atoms with Crippen LogP contribution in [0.1, 0.15) is 18.4 Å². The van der Waals surface area contributed by atoms with Crippen LogP contribution in [0.3, 0.4) is 0 Å². The van der Waals surface area contributed by atoms with Crippen LogP contribution in [-0.2, 0) is 11.3 Å². The van der Waals surface area contributed by atoms with Crippen molar-refractivity contribution in [3.05, 3.63) is 59.9 Å². The maximum Gasteiger partial charge on any atom is 0.324 e. The molecule has 7 heteroatoms. The van der Waals surface area contributed by atoms with Gasteiger partial charge in [-0.15, -0.1) is 0 Å². The number of carbonyl (C=O) groups excluding carboxylic acids is 2. The number of fused-ring (bicyclic) bond motifs is 1. The third-order valence-corrected chi connectivity index (χ3v) is 5.43. The quantitative estimate of drug-likeness (QED) is 0.865. The number of amides is 3. The van der Waals surface area contributed by atoms with E-state index in [0.717, 1.165) is 12.1 Å². The van der Waals surface area contributed by atoms with Crippen LogP contribution in [0, 0.1) is 11.7 Å². The average Bonchev–Trinajstić information content (AvgIpc) is 2.77. The lowest BCUT2D eigenvalue weighted by Crippen LogP contribution is -2.52. The number of urea groups is 1. The Kier molecular flexibility index (Phi) is 5.64. The predicted octanol–water partition coefficient (Wildman–Crippen LogP) is 3.17. The summed E-state index contributed by atoms with van der Waals surface area (Å²) in [5.41, 5.74) is 1.21. The highest BCUT2D eigenvalue weighted by Crippen LogP contribution is 2.32. The first kappa shape index (κ1) is 19.2. The summed E-state index contributed by atoms with van der Waals surface area (Å²) in [7, 11) is 0. The molecular formula is C22H24FN3O3. The lowest BCUT2D eigenvalue weighted by molar-refractivity contribution is -0.126. The molecule has 2 aliphatic rings. The van der Waals surface area contributed by atoms with E-state index in [0.29, 0.717) is 44.0 Å². The first-order valence-corrected chi connectivity index (χ1v) is 9.93. The summed E-state index contributed by atoms with van der Waals surface area (Å²) in [4.78, 5) is 29.2. The summed E-state index contributed by atoms with van der Waals surface area (Å²) in [5.74, 6) is -0.0774. The fourth-order valence-electron chi connectivity index (χ4n) is 3.87. The minimum Gasteiger partial charge on any atom is -0.490 e. The smallest absolute Gasteiger partial charge is 0.324 e. The number of benzene rings is 2. The SMILES string of the molecule is O=C(NCc1ccccc1F)[C@@H]1CCCN(C(=O)N2CCOc3ccccc32)C1. The Morgan fingerprint density at radius 3 is 2.76 bits per heavy atom. The number of carbonyl (C=O) groups is 2. The number of ether oxygens (including phenoxy) is 1. The van der Waals surface area contributed by atoms with E-state index in [9.17, 15) is 14.0 Å².